The van der Waals surface area contributed by atoms with Crippen LogP contribution in [0.1, 0.15) is 0 Å². The van der Waals surface area contributed by atoms with Crippen molar-refractivity contribution in [3.05, 3.63) is 34.4 Å². The van der Waals surface area contributed by atoms with E-state index >= 15 is 0 Å². The fourth-order valence-corrected chi connectivity index (χ4v) is 0.556. The van der Waals surface area contributed by atoms with Crippen molar-refractivity contribution in [2.45, 2.75) is 0 Å². The monoisotopic (exact) mass is 197 g/mol. The number of rotatable bonds is 1. The Balaban J connectivity index is 0.000001000. The summed E-state index contributed by atoms with van der Waals surface area (Å²) < 4.78 is 0. The quantitative estimate of drug-likeness (QED) is 0.416. The van der Waals surface area contributed by atoms with Crippen molar-refractivity contribution < 1.29 is 26.8 Å². The Kier molecular flexibility index (Phi) is 3.56. The number of phenolic OH excluding ortho intramolecular Hbond substituents is 1. The number of benzene rings is 1. The molecule has 0 aliphatic heterocycles. The summed E-state index contributed by atoms with van der Waals surface area (Å²) in [6.45, 7) is 0. The first-order valence-electron chi connectivity index (χ1n) is 2.55. The molecule has 1 radical (unpaired) electrons. The van der Waals surface area contributed by atoms with Gasteiger partial charge in [0.15, 0.2) is 5.69 Å². The molecule has 1 rings (SSSR count). The molecule has 0 heterocycles. The van der Waals surface area contributed by atoms with Crippen molar-refractivity contribution in [3.8, 4) is 5.75 Å². The summed E-state index contributed by atoms with van der Waals surface area (Å²) in [7, 11) is 0. The van der Waals surface area contributed by atoms with Crippen molar-refractivity contribution in [3.63, 3.8) is 0 Å². The van der Waals surface area contributed by atoms with Crippen LogP contribution in [0.3, 0.4) is 0 Å². The number of hydrogen-bond donors (Lipinski definition) is 1. The topological polar surface area (TPSA) is 63.4 Å². The van der Waals surface area contributed by atoms with Gasteiger partial charge in [-0.25, -0.2) is 0 Å². The molecule has 1 N–H and O–H groups in total. The van der Waals surface area contributed by atoms with Gasteiger partial charge in [-0.1, -0.05) is 12.1 Å². The third-order valence-electron chi connectivity index (χ3n) is 0.981. The fourth-order valence-electron chi connectivity index (χ4n) is 0.556. The molecular formula is C6H4CoNO3-. The summed E-state index contributed by atoms with van der Waals surface area (Å²) in [6, 6.07) is 5.98. The molecule has 0 aliphatic rings. The van der Waals surface area contributed by atoms with E-state index in [-0.39, 0.29) is 28.2 Å². The molecule has 1 aromatic rings. The minimum Gasteiger partial charge on any atom is -0.534 e. The summed E-state index contributed by atoms with van der Waals surface area (Å²) in [5, 5.41) is 18.7. The molecule has 11 heavy (non-hydrogen) atoms. The standard InChI is InChI=1S/C6H4NO3.Co/c8-6-3-1-2-5(4-6)7(9)10;/h1-2,4,8H;/q-1;. The van der Waals surface area contributed by atoms with Gasteiger partial charge >= 0.3 is 0 Å². The zero-order valence-corrected chi connectivity index (χ0v) is 6.32. The van der Waals surface area contributed by atoms with Crippen LogP contribution in [0.4, 0.5) is 5.69 Å². The zero-order chi connectivity index (χ0) is 7.56. The van der Waals surface area contributed by atoms with E-state index in [0.717, 1.165) is 6.07 Å². The minimum absolute atomic E-state index is 0. The Morgan fingerprint density at radius 2 is 2.27 bits per heavy atom. The first-order valence-corrected chi connectivity index (χ1v) is 2.55. The molecular weight excluding hydrogens is 193 g/mol. The van der Waals surface area contributed by atoms with E-state index in [9.17, 15) is 10.1 Å². The number of aromatic hydroxyl groups is 1. The number of nitro benzene ring substituents is 1. The average Bonchev–Trinajstić information content (AvgIpc) is 1.88. The molecule has 0 saturated heterocycles. The predicted molar refractivity (Wildman–Crippen MR) is 33.6 cm³/mol. The van der Waals surface area contributed by atoms with Crippen LogP contribution < -0.4 is 0 Å². The summed E-state index contributed by atoms with van der Waals surface area (Å²) in [4.78, 5) is 9.46. The van der Waals surface area contributed by atoms with E-state index in [1.165, 1.54) is 12.1 Å². The summed E-state index contributed by atoms with van der Waals surface area (Å²) in [5.74, 6) is -0.214. The fraction of sp³-hybridized carbons (Fsp3) is 0. The number of hydrogen-bond acceptors (Lipinski definition) is 3. The molecule has 0 unspecified atom stereocenters. The van der Waals surface area contributed by atoms with E-state index in [1.54, 1.807) is 0 Å². The maximum Gasteiger partial charge on any atom is 0.170 e. The molecule has 0 atom stereocenters. The van der Waals surface area contributed by atoms with Gasteiger partial charge in [0.05, 0.1) is 0 Å². The third kappa shape index (κ3) is 2.56. The first kappa shape index (κ1) is 9.93. The number of phenols is 1. The van der Waals surface area contributed by atoms with Crippen molar-refractivity contribution in [1.82, 2.24) is 0 Å². The zero-order valence-electron chi connectivity index (χ0n) is 5.28. The Morgan fingerprint density at radius 3 is 2.64 bits per heavy atom. The van der Waals surface area contributed by atoms with Gasteiger partial charge in [-0.2, -0.15) is 6.07 Å². The van der Waals surface area contributed by atoms with Crippen molar-refractivity contribution >= 4 is 5.69 Å². The van der Waals surface area contributed by atoms with E-state index in [1.807, 2.05) is 0 Å². The third-order valence-corrected chi connectivity index (χ3v) is 0.981. The SMILES string of the molecule is O=[N+]([O-])c1cc[c-]c(O)c1.[Co]. The minimum atomic E-state index is -0.576. The van der Waals surface area contributed by atoms with Crippen LogP contribution in [-0.2, 0) is 16.8 Å². The van der Waals surface area contributed by atoms with Gasteiger partial charge in [0.1, 0.15) is 0 Å². The van der Waals surface area contributed by atoms with E-state index in [4.69, 9.17) is 5.11 Å². The van der Waals surface area contributed by atoms with Gasteiger partial charge < -0.3 is 5.11 Å². The molecule has 0 bridgehead atoms. The maximum absolute atomic E-state index is 10.0. The molecule has 0 saturated carbocycles. The second-order valence-corrected chi connectivity index (χ2v) is 1.69. The maximum atomic E-state index is 10.0. The van der Waals surface area contributed by atoms with Gasteiger partial charge in [-0.15, -0.1) is 6.07 Å². The van der Waals surface area contributed by atoms with Gasteiger partial charge in [0.25, 0.3) is 0 Å². The Morgan fingerprint density at radius 1 is 1.64 bits per heavy atom. The van der Waals surface area contributed by atoms with Crippen molar-refractivity contribution in [2.75, 3.05) is 0 Å². The van der Waals surface area contributed by atoms with Gasteiger partial charge in [-0.05, 0) is 0 Å². The Hall–Kier alpha value is -1.07. The summed E-state index contributed by atoms with van der Waals surface area (Å²) in [5.41, 5.74) is -0.128. The van der Waals surface area contributed by atoms with Crippen LogP contribution >= 0.6 is 0 Å². The van der Waals surface area contributed by atoms with Crippen LogP contribution in [0, 0.1) is 16.2 Å². The molecule has 0 amide bonds. The van der Waals surface area contributed by atoms with Gasteiger partial charge in [-0.3, -0.25) is 10.1 Å². The van der Waals surface area contributed by atoms with Crippen molar-refractivity contribution in [1.29, 1.82) is 0 Å². The van der Waals surface area contributed by atoms with Crippen LogP contribution in [0.15, 0.2) is 18.2 Å². The number of non-ortho nitro benzene ring substituents is 1. The Bertz CT molecular complexity index is 264. The molecule has 5 heteroatoms. The molecule has 1 aromatic carbocycles. The van der Waals surface area contributed by atoms with Crippen LogP contribution in [0.25, 0.3) is 0 Å². The molecule has 4 nitrogen and oxygen atoms in total. The molecule has 61 valence electrons. The van der Waals surface area contributed by atoms with Gasteiger partial charge in [0, 0.05) is 27.5 Å². The summed E-state index contributed by atoms with van der Waals surface area (Å²) >= 11 is 0. The van der Waals surface area contributed by atoms with Crippen LogP contribution in [0.2, 0.25) is 0 Å². The second-order valence-electron chi connectivity index (χ2n) is 1.69. The first-order chi connectivity index (χ1) is 4.70. The van der Waals surface area contributed by atoms with E-state index < -0.39 is 4.92 Å². The normalized spacial score (nSPS) is 8.36. The second kappa shape index (κ2) is 3.94. The molecule has 0 aliphatic carbocycles. The Labute approximate surface area is 73.2 Å². The number of nitro groups is 1. The van der Waals surface area contributed by atoms with Crippen LogP contribution in [-0.4, -0.2) is 10.0 Å². The average molecular weight is 197 g/mol. The smallest absolute Gasteiger partial charge is 0.170 e. The molecule has 0 fully saturated rings. The number of nitrogens with zero attached hydrogens (tertiary/aromatic N) is 1. The van der Waals surface area contributed by atoms with Crippen LogP contribution in [0.5, 0.6) is 5.75 Å². The molecule has 0 aromatic heterocycles. The van der Waals surface area contributed by atoms with Gasteiger partial charge in [0.2, 0.25) is 0 Å². The van der Waals surface area contributed by atoms with E-state index in [2.05, 4.69) is 6.07 Å². The summed E-state index contributed by atoms with van der Waals surface area (Å²) in [6.07, 6.45) is 0. The predicted octanol–water partition coefficient (Wildman–Crippen LogP) is 1.10. The molecule has 0 spiro atoms. The van der Waals surface area contributed by atoms with Crippen molar-refractivity contribution in [2.24, 2.45) is 0 Å². The largest absolute Gasteiger partial charge is 0.534 e. The van der Waals surface area contributed by atoms with E-state index in [0.29, 0.717) is 0 Å².